The van der Waals surface area contributed by atoms with Crippen molar-refractivity contribution in [3.8, 4) is 0 Å². The van der Waals surface area contributed by atoms with Crippen LogP contribution in [0, 0.1) is 12.8 Å². The number of benzene rings is 1. The lowest BCUT2D eigenvalue weighted by molar-refractivity contribution is 0.283. The molecule has 1 aromatic rings. The SMILES string of the molecule is Cc1ccc(N(C)S(=O)(=O)N2CCCC(CCl)C2)cc1. The Balaban J connectivity index is 2.18. The summed E-state index contributed by atoms with van der Waals surface area (Å²) in [5, 5.41) is 0. The Morgan fingerprint density at radius 2 is 2.00 bits per heavy atom. The number of alkyl halides is 1. The summed E-state index contributed by atoms with van der Waals surface area (Å²) in [4.78, 5) is 0. The van der Waals surface area contributed by atoms with E-state index in [0.29, 0.717) is 24.7 Å². The van der Waals surface area contributed by atoms with Crippen LogP contribution in [0.3, 0.4) is 0 Å². The molecule has 1 saturated heterocycles. The lowest BCUT2D eigenvalue weighted by atomic mass is 10.0. The van der Waals surface area contributed by atoms with Crippen molar-refractivity contribution in [1.82, 2.24) is 4.31 Å². The second-order valence-electron chi connectivity index (χ2n) is 5.33. The molecule has 0 bridgehead atoms. The molecule has 0 saturated carbocycles. The Labute approximate surface area is 126 Å². The van der Waals surface area contributed by atoms with Gasteiger partial charge in [0, 0.05) is 26.0 Å². The molecule has 20 heavy (non-hydrogen) atoms. The van der Waals surface area contributed by atoms with Crippen molar-refractivity contribution in [3.63, 3.8) is 0 Å². The van der Waals surface area contributed by atoms with Crippen LogP contribution in [-0.4, -0.2) is 38.7 Å². The van der Waals surface area contributed by atoms with Crippen molar-refractivity contribution in [2.24, 2.45) is 5.92 Å². The molecule has 112 valence electrons. The Morgan fingerprint density at radius 3 is 2.60 bits per heavy atom. The smallest absolute Gasteiger partial charge is 0.261 e. The average Bonchev–Trinajstić information content (AvgIpc) is 2.47. The minimum absolute atomic E-state index is 0.256. The molecule has 0 radical (unpaired) electrons. The lowest BCUT2D eigenvalue weighted by Gasteiger charge is -2.34. The van der Waals surface area contributed by atoms with Crippen molar-refractivity contribution in [2.75, 3.05) is 30.3 Å². The van der Waals surface area contributed by atoms with E-state index < -0.39 is 10.2 Å². The van der Waals surface area contributed by atoms with E-state index in [1.54, 1.807) is 11.4 Å². The molecule has 1 aliphatic heterocycles. The average molecular weight is 317 g/mol. The first kappa shape index (κ1) is 15.6. The number of anilines is 1. The number of hydrogen-bond acceptors (Lipinski definition) is 2. The minimum atomic E-state index is -3.46. The van der Waals surface area contributed by atoms with Crippen LogP contribution in [0.15, 0.2) is 24.3 Å². The number of piperidine rings is 1. The zero-order chi connectivity index (χ0) is 14.8. The van der Waals surface area contributed by atoms with Crippen LogP contribution in [0.5, 0.6) is 0 Å². The first-order chi connectivity index (χ1) is 9.45. The number of aryl methyl sites for hydroxylation is 1. The maximum atomic E-state index is 12.6. The van der Waals surface area contributed by atoms with Crippen molar-refractivity contribution < 1.29 is 8.42 Å². The molecule has 0 N–H and O–H groups in total. The maximum absolute atomic E-state index is 12.6. The van der Waals surface area contributed by atoms with Crippen molar-refractivity contribution in [3.05, 3.63) is 29.8 Å². The van der Waals surface area contributed by atoms with Gasteiger partial charge in [-0.2, -0.15) is 12.7 Å². The second-order valence-corrected chi connectivity index (χ2v) is 7.60. The largest absolute Gasteiger partial charge is 0.303 e. The molecule has 2 rings (SSSR count). The van der Waals surface area contributed by atoms with Gasteiger partial charge in [-0.15, -0.1) is 11.6 Å². The van der Waals surface area contributed by atoms with Gasteiger partial charge in [0.15, 0.2) is 0 Å². The highest BCUT2D eigenvalue weighted by Gasteiger charge is 2.31. The van der Waals surface area contributed by atoms with Crippen LogP contribution in [-0.2, 0) is 10.2 Å². The Kier molecular flexibility index (Phi) is 4.94. The molecule has 1 aliphatic rings. The van der Waals surface area contributed by atoms with Crippen molar-refractivity contribution in [1.29, 1.82) is 0 Å². The molecule has 1 aromatic carbocycles. The quantitative estimate of drug-likeness (QED) is 0.801. The van der Waals surface area contributed by atoms with Gasteiger partial charge < -0.3 is 0 Å². The number of nitrogens with zero attached hydrogens (tertiary/aromatic N) is 2. The fourth-order valence-corrected chi connectivity index (χ4v) is 4.17. The van der Waals surface area contributed by atoms with Crippen LogP contribution in [0.25, 0.3) is 0 Å². The van der Waals surface area contributed by atoms with E-state index in [-0.39, 0.29) is 5.92 Å². The van der Waals surface area contributed by atoms with Crippen LogP contribution >= 0.6 is 11.6 Å². The van der Waals surface area contributed by atoms with E-state index in [9.17, 15) is 8.42 Å². The lowest BCUT2D eigenvalue weighted by Crippen LogP contribution is -2.47. The van der Waals surface area contributed by atoms with Gasteiger partial charge in [-0.1, -0.05) is 17.7 Å². The number of hydrogen-bond donors (Lipinski definition) is 0. The third-order valence-corrected chi connectivity index (χ3v) is 6.09. The predicted molar refractivity (Wildman–Crippen MR) is 83.5 cm³/mol. The molecule has 1 unspecified atom stereocenters. The van der Waals surface area contributed by atoms with E-state index in [2.05, 4.69) is 0 Å². The molecule has 0 spiro atoms. The zero-order valence-electron chi connectivity index (χ0n) is 11.9. The topological polar surface area (TPSA) is 40.6 Å². The molecular weight excluding hydrogens is 296 g/mol. The van der Waals surface area contributed by atoms with Gasteiger partial charge in [-0.25, -0.2) is 0 Å². The van der Waals surface area contributed by atoms with Crippen LogP contribution in [0.4, 0.5) is 5.69 Å². The van der Waals surface area contributed by atoms with E-state index in [0.717, 1.165) is 18.4 Å². The normalized spacial score (nSPS) is 20.9. The van der Waals surface area contributed by atoms with Gasteiger partial charge in [0.05, 0.1) is 5.69 Å². The van der Waals surface area contributed by atoms with Gasteiger partial charge >= 0.3 is 10.2 Å². The third-order valence-electron chi connectivity index (χ3n) is 3.77. The van der Waals surface area contributed by atoms with Gasteiger partial charge in [0.1, 0.15) is 0 Å². The highest BCUT2D eigenvalue weighted by molar-refractivity contribution is 7.90. The minimum Gasteiger partial charge on any atom is -0.261 e. The summed E-state index contributed by atoms with van der Waals surface area (Å²) in [5.41, 5.74) is 1.79. The summed E-state index contributed by atoms with van der Waals surface area (Å²) in [6.07, 6.45) is 1.88. The molecule has 1 heterocycles. The second kappa shape index (κ2) is 6.33. The fourth-order valence-electron chi connectivity index (χ4n) is 2.42. The molecule has 0 aromatic heterocycles. The van der Waals surface area contributed by atoms with Crippen molar-refractivity contribution in [2.45, 2.75) is 19.8 Å². The summed E-state index contributed by atoms with van der Waals surface area (Å²) in [6, 6.07) is 7.49. The standard InChI is InChI=1S/C14H21ClN2O2S/c1-12-5-7-14(8-6-12)16(2)20(18,19)17-9-3-4-13(10-15)11-17/h5-8,13H,3-4,9-11H2,1-2H3. The van der Waals surface area contributed by atoms with E-state index in [1.807, 2.05) is 31.2 Å². The van der Waals surface area contributed by atoms with Crippen LogP contribution in [0.1, 0.15) is 18.4 Å². The van der Waals surface area contributed by atoms with Crippen molar-refractivity contribution >= 4 is 27.5 Å². The van der Waals surface area contributed by atoms with E-state index in [1.165, 1.54) is 4.31 Å². The zero-order valence-corrected chi connectivity index (χ0v) is 13.5. The summed E-state index contributed by atoms with van der Waals surface area (Å²) < 4.78 is 28.2. The van der Waals surface area contributed by atoms with Crippen LogP contribution < -0.4 is 4.31 Å². The Bertz CT molecular complexity index is 545. The van der Waals surface area contributed by atoms with E-state index >= 15 is 0 Å². The molecule has 1 fully saturated rings. The van der Waals surface area contributed by atoms with Gasteiger partial charge in [0.2, 0.25) is 0 Å². The Hall–Kier alpha value is -0.780. The first-order valence-electron chi connectivity index (χ1n) is 6.82. The predicted octanol–water partition coefficient (Wildman–Crippen LogP) is 2.63. The summed E-state index contributed by atoms with van der Waals surface area (Å²) in [5.74, 6) is 0.770. The third kappa shape index (κ3) is 3.27. The van der Waals surface area contributed by atoms with Crippen LogP contribution in [0.2, 0.25) is 0 Å². The van der Waals surface area contributed by atoms with Gasteiger partial charge in [0.25, 0.3) is 0 Å². The van der Waals surface area contributed by atoms with Gasteiger partial charge in [-0.3, -0.25) is 4.31 Å². The number of rotatable bonds is 4. The summed E-state index contributed by atoms with van der Waals surface area (Å²) in [7, 11) is -1.86. The molecule has 1 atom stereocenters. The van der Waals surface area contributed by atoms with Gasteiger partial charge in [-0.05, 0) is 37.8 Å². The highest BCUT2D eigenvalue weighted by atomic mass is 35.5. The number of halogens is 1. The molecule has 0 amide bonds. The maximum Gasteiger partial charge on any atom is 0.303 e. The summed E-state index contributed by atoms with van der Waals surface area (Å²) >= 11 is 5.87. The monoisotopic (exact) mass is 316 g/mol. The first-order valence-corrected chi connectivity index (χ1v) is 8.75. The highest BCUT2D eigenvalue weighted by Crippen LogP contribution is 2.24. The molecular formula is C14H21ClN2O2S. The fraction of sp³-hybridized carbons (Fsp3) is 0.571. The Morgan fingerprint density at radius 1 is 1.35 bits per heavy atom. The van der Waals surface area contributed by atoms with E-state index in [4.69, 9.17) is 11.6 Å². The molecule has 0 aliphatic carbocycles. The molecule has 4 nitrogen and oxygen atoms in total. The summed E-state index contributed by atoms with van der Waals surface area (Å²) in [6.45, 7) is 3.07. The molecule has 6 heteroatoms.